The van der Waals surface area contributed by atoms with Crippen LogP contribution in [0.15, 0.2) is 48.5 Å². The lowest BCUT2D eigenvalue weighted by atomic mass is 9.74. The fraction of sp³-hybridized carbons (Fsp3) is 0.333. The van der Waals surface area contributed by atoms with E-state index in [0.717, 1.165) is 34.7 Å². The van der Waals surface area contributed by atoms with Gasteiger partial charge in [-0.1, -0.05) is 0 Å². The molecule has 10 heteroatoms. The Morgan fingerprint density at radius 1 is 0.475 bits per heavy atom. The van der Waals surface area contributed by atoms with Crippen molar-refractivity contribution in [1.29, 1.82) is 0 Å². The van der Waals surface area contributed by atoms with Crippen molar-refractivity contribution in [3.8, 4) is 32.0 Å². The molecule has 6 nitrogen and oxygen atoms in total. The maximum Gasteiger partial charge on any atom is 0.546 e. The van der Waals surface area contributed by atoms with Gasteiger partial charge in [0.15, 0.2) is 0 Å². The number of hydrogen-bond acceptors (Lipinski definition) is 8. The van der Waals surface area contributed by atoms with E-state index in [1.165, 1.54) is 54.3 Å². The Balaban J connectivity index is 1.37. The summed E-state index contributed by atoms with van der Waals surface area (Å²) in [5.74, 6) is 0. The third-order valence-corrected chi connectivity index (χ3v) is 17.0. The van der Waals surface area contributed by atoms with Gasteiger partial charge in [0, 0.05) is 52.4 Å². The molecule has 6 rings (SSSR count). The molecular formula is C30H34O6S2Si2. The highest BCUT2D eigenvalue weighted by Gasteiger charge is 2.43. The van der Waals surface area contributed by atoms with Gasteiger partial charge < -0.3 is 26.6 Å². The maximum absolute atomic E-state index is 5.72. The summed E-state index contributed by atoms with van der Waals surface area (Å²) in [6.07, 6.45) is 4.17. The summed E-state index contributed by atoms with van der Waals surface area (Å²) in [6.45, 7) is 0. The van der Waals surface area contributed by atoms with Crippen LogP contribution in [-0.2, 0) is 52.2 Å². The van der Waals surface area contributed by atoms with Crippen LogP contribution in [0.25, 0.3) is 32.0 Å². The molecule has 0 N–H and O–H groups in total. The minimum Gasteiger partial charge on any atom is -0.373 e. The van der Waals surface area contributed by atoms with Gasteiger partial charge in [-0.15, -0.1) is 22.7 Å². The van der Waals surface area contributed by atoms with Crippen molar-refractivity contribution >= 4 is 49.3 Å². The molecule has 0 saturated carbocycles. The maximum atomic E-state index is 5.72. The van der Waals surface area contributed by atoms with E-state index < -0.39 is 17.6 Å². The predicted molar refractivity (Wildman–Crippen MR) is 166 cm³/mol. The monoisotopic (exact) mass is 610 g/mol. The summed E-state index contributed by atoms with van der Waals surface area (Å²) >= 11 is 3.42. The molecule has 0 saturated heterocycles. The van der Waals surface area contributed by atoms with Gasteiger partial charge in [0.1, 0.15) is 0 Å². The Bertz CT molecular complexity index is 1370. The van der Waals surface area contributed by atoms with E-state index in [1.807, 2.05) is 0 Å². The minimum atomic E-state index is -2.84. The van der Waals surface area contributed by atoms with Crippen LogP contribution in [0, 0.1) is 0 Å². The predicted octanol–water partition coefficient (Wildman–Crippen LogP) is 5.18. The fourth-order valence-electron chi connectivity index (χ4n) is 6.21. The second-order valence-corrected chi connectivity index (χ2v) is 18.6. The molecule has 0 atom stereocenters. The molecule has 0 amide bonds. The lowest BCUT2D eigenvalue weighted by Crippen LogP contribution is -2.53. The van der Waals surface area contributed by atoms with Crippen molar-refractivity contribution in [3.05, 3.63) is 70.8 Å². The standard InChI is InChI=1S/C30H34O6S2Si2/c1-31-39(32-2,33-3)27-13-11-25(37-27)23-15-19-7-9-21-17-24(18-22-10-8-20(16-23)29(19)30(21)22)26-12-14-28(38-26)40(34-4,35-5)36-6/h11-18H,7-10H2,1-6H3. The molecule has 2 aliphatic rings. The van der Waals surface area contributed by atoms with Gasteiger partial charge in [-0.2, -0.15) is 0 Å². The summed E-state index contributed by atoms with van der Waals surface area (Å²) in [4.78, 5) is 2.45. The lowest BCUT2D eigenvalue weighted by Gasteiger charge is -2.30. The van der Waals surface area contributed by atoms with Crippen LogP contribution in [0.3, 0.4) is 0 Å². The second-order valence-electron chi connectivity index (χ2n) is 10.0. The number of hydrogen-bond donors (Lipinski definition) is 0. The number of thiophene rings is 2. The van der Waals surface area contributed by atoms with Crippen molar-refractivity contribution in [1.82, 2.24) is 0 Å². The van der Waals surface area contributed by atoms with E-state index in [2.05, 4.69) is 48.5 Å². The van der Waals surface area contributed by atoms with Gasteiger partial charge in [-0.25, -0.2) is 0 Å². The van der Waals surface area contributed by atoms with E-state index >= 15 is 0 Å². The van der Waals surface area contributed by atoms with Crippen molar-refractivity contribution in [2.24, 2.45) is 0 Å². The molecular weight excluding hydrogens is 577 g/mol. The zero-order chi connectivity index (χ0) is 28.1. The van der Waals surface area contributed by atoms with Gasteiger partial charge in [0.2, 0.25) is 0 Å². The highest BCUT2D eigenvalue weighted by atomic mass is 32.1. The fourth-order valence-corrected chi connectivity index (χ4v) is 13.6. The highest BCUT2D eigenvalue weighted by molar-refractivity contribution is 7.27. The van der Waals surface area contributed by atoms with Crippen molar-refractivity contribution in [2.75, 3.05) is 42.7 Å². The van der Waals surface area contributed by atoms with Gasteiger partial charge in [-0.05, 0) is 119 Å². The van der Waals surface area contributed by atoms with Gasteiger partial charge in [0.25, 0.3) is 0 Å². The summed E-state index contributed by atoms with van der Waals surface area (Å²) in [5.41, 5.74) is 11.3. The van der Waals surface area contributed by atoms with Crippen LogP contribution in [0.4, 0.5) is 0 Å². The third kappa shape index (κ3) is 4.42. The average Bonchev–Trinajstić information content (AvgIpc) is 3.70. The Kier molecular flexibility index (Phi) is 7.77. The van der Waals surface area contributed by atoms with Crippen LogP contribution in [0.1, 0.15) is 22.3 Å². The van der Waals surface area contributed by atoms with Crippen molar-refractivity contribution < 1.29 is 26.6 Å². The second kappa shape index (κ2) is 11.0. The first-order valence-corrected chi connectivity index (χ1v) is 18.4. The van der Waals surface area contributed by atoms with E-state index in [0.29, 0.717) is 0 Å². The quantitative estimate of drug-likeness (QED) is 0.231. The number of aryl methyl sites for hydroxylation is 4. The van der Waals surface area contributed by atoms with E-state index in [1.54, 1.807) is 65.3 Å². The summed E-state index contributed by atoms with van der Waals surface area (Å²) in [7, 11) is 4.27. The van der Waals surface area contributed by atoms with Gasteiger partial charge in [0.05, 0.1) is 9.00 Å². The third-order valence-electron chi connectivity index (χ3n) is 8.18. The topological polar surface area (TPSA) is 55.4 Å². The minimum absolute atomic E-state index is 1.03. The van der Waals surface area contributed by atoms with Crippen molar-refractivity contribution in [3.63, 3.8) is 0 Å². The van der Waals surface area contributed by atoms with Crippen LogP contribution in [0.5, 0.6) is 0 Å². The molecule has 0 unspecified atom stereocenters. The molecule has 0 radical (unpaired) electrons. The van der Waals surface area contributed by atoms with Crippen molar-refractivity contribution in [2.45, 2.75) is 25.7 Å². The molecule has 2 aromatic heterocycles. The zero-order valence-corrected chi connectivity index (χ0v) is 27.3. The molecule has 2 heterocycles. The van der Waals surface area contributed by atoms with Crippen LogP contribution in [0.2, 0.25) is 0 Å². The van der Waals surface area contributed by atoms with Crippen LogP contribution < -0.4 is 9.00 Å². The van der Waals surface area contributed by atoms with E-state index in [9.17, 15) is 0 Å². The molecule has 0 spiro atoms. The summed E-state index contributed by atoms with van der Waals surface area (Å²) in [5, 5.41) is 0. The Hall–Kier alpha value is -1.97. The van der Waals surface area contributed by atoms with E-state index in [-0.39, 0.29) is 0 Å². The first-order chi connectivity index (χ1) is 19.4. The van der Waals surface area contributed by atoms with E-state index in [4.69, 9.17) is 26.6 Å². The Labute approximate surface area is 246 Å². The molecule has 4 aromatic rings. The molecule has 0 fully saturated rings. The summed E-state index contributed by atoms with van der Waals surface area (Å²) in [6, 6.07) is 18.1. The van der Waals surface area contributed by atoms with Crippen LogP contribution >= 0.6 is 22.7 Å². The molecule has 0 aliphatic heterocycles. The smallest absolute Gasteiger partial charge is 0.373 e. The summed E-state index contributed by atoms with van der Waals surface area (Å²) < 4.78 is 36.4. The van der Waals surface area contributed by atoms with Gasteiger partial charge >= 0.3 is 17.6 Å². The first-order valence-electron chi connectivity index (χ1n) is 13.3. The zero-order valence-electron chi connectivity index (χ0n) is 23.7. The lowest BCUT2D eigenvalue weighted by molar-refractivity contribution is 0.140. The first kappa shape index (κ1) is 28.2. The Morgan fingerprint density at radius 3 is 1.05 bits per heavy atom. The Morgan fingerprint density at radius 2 is 0.775 bits per heavy atom. The van der Waals surface area contributed by atoms with Gasteiger partial charge in [-0.3, -0.25) is 0 Å². The molecule has 40 heavy (non-hydrogen) atoms. The molecule has 0 bridgehead atoms. The SMILES string of the molecule is CO[Si](OC)(OC)c1ccc(-c2cc3c4c(c2)CCc2cc(-c5ccc([Si](OC)(OC)OC)s5)cc(c2-4)CC3)s1. The molecule has 2 aromatic carbocycles. The largest absolute Gasteiger partial charge is 0.546 e. The highest BCUT2D eigenvalue weighted by Crippen LogP contribution is 2.46. The number of rotatable bonds is 10. The molecule has 210 valence electrons. The number of benzene rings is 2. The average molecular weight is 611 g/mol. The molecule has 2 aliphatic carbocycles. The normalized spacial score (nSPS) is 14.4. The van der Waals surface area contributed by atoms with Crippen LogP contribution in [-0.4, -0.2) is 60.3 Å².